The van der Waals surface area contributed by atoms with E-state index in [0.29, 0.717) is 6.04 Å². The fourth-order valence-corrected chi connectivity index (χ4v) is 1.81. The van der Waals surface area contributed by atoms with Crippen molar-refractivity contribution >= 4 is 0 Å². The van der Waals surface area contributed by atoms with Crippen molar-refractivity contribution in [2.24, 2.45) is 17.8 Å². The Morgan fingerprint density at radius 3 is 1.75 bits per heavy atom. The lowest BCUT2D eigenvalue weighted by Crippen LogP contribution is -2.34. The molecule has 0 amide bonds. The van der Waals surface area contributed by atoms with Gasteiger partial charge in [0.2, 0.25) is 0 Å². The van der Waals surface area contributed by atoms with Gasteiger partial charge in [-0.2, -0.15) is 0 Å². The average molecular weight is 171 g/mol. The fourth-order valence-electron chi connectivity index (χ4n) is 1.81. The molecule has 12 heavy (non-hydrogen) atoms. The van der Waals surface area contributed by atoms with Gasteiger partial charge in [-0.3, -0.25) is 0 Å². The maximum Gasteiger partial charge on any atom is 0.00665 e. The van der Waals surface area contributed by atoms with Crippen LogP contribution < -0.4 is 5.32 Å². The maximum absolute atomic E-state index is 3.35. The summed E-state index contributed by atoms with van der Waals surface area (Å²) < 4.78 is 0. The highest BCUT2D eigenvalue weighted by atomic mass is 14.9. The van der Waals surface area contributed by atoms with Gasteiger partial charge in [0.1, 0.15) is 0 Å². The van der Waals surface area contributed by atoms with E-state index >= 15 is 0 Å². The average Bonchev–Trinajstić information content (AvgIpc) is 1.98. The summed E-state index contributed by atoms with van der Waals surface area (Å²) in [5.74, 6) is 2.41. The smallest absolute Gasteiger partial charge is 0.00665 e. The lowest BCUT2D eigenvalue weighted by molar-refractivity contribution is 0.254. The minimum absolute atomic E-state index is 0.646. The molecule has 1 N–H and O–H groups in total. The van der Waals surface area contributed by atoms with Crippen LogP contribution in [0.2, 0.25) is 0 Å². The Balaban J connectivity index is 4.03. The number of hydrogen-bond acceptors (Lipinski definition) is 1. The van der Waals surface area contributed by atoms with Crippen LogP contribution in [0.3, 0.4) is 0 Å². The van der Waals surface area contributed by atoms with Crippen LogP contribution in [-0.2, 0) is 0 Å². The normalized spacial score (nSPS) is 17.0. The molecule has 0 heterocycles. The second-order valence-corrected chi connectivity index (χ2v) is 4.61. The van der Waals surface area contributed by atoms with Gasteiger partial charge in [0.15, 0.2) is 0 Å². The Hall–Kier alpha value is -0.0400. The third kappa shape index (κ3) is 4.10. The van der Waals surface area contributed by atoms with E-state index in [-0.39, 0.29) is 0 Å². The predicted octanol–water partition coefficient (Wildman–Crippen LogP) is 2.91. The number of rotatable bonds is 5. The number of hydrogen-bond donors (Lipinski definition) is 1. The molecule has 0 rings (SSSR count). The van der Waals surface area contributed by atoms with E-state index in [9.17, 15) is 0 Å². The molecular weight excluding hydrogens is 146 g/mol. The highest BCUT2D eigenvalue weighted by Crippen LogP contribution is 2.23. The molecule has 1 nitrogen and oxygen atoms in total. The molecule has 0 spiro atoms. The Kier molecular flexibility index (Phi) is 5.56. The largest absolute Gasteiger partial charge is 0.317 e. The highest BCUT2D eigenvalue weighted by Gasteiger charge is 2.20. The summed E-state index contributed by atoms with van der Waals surface area (Å²) in [7, 11) is 2.06. The Bertz CT molecular complexity index is 108. The minimum atomic E-state index is 0.646. The van der Waals surface area contributed by atoms with E-state index in [4.69, 9.17) is 0 Å². The summed E-state index contributed by atoms with van der Waals surface area (Å²) in [6.45, 7) is 11.5. The van der Waals surface area contributed by atoms with E-state index in [1.165, 1.54) is 6.42 Å². The third-order valence-corrected chi connectivity index (χ3v) is 2.70. The van der Waals surface area contributed by atoms with Gasteiger partial charge in [-0.25, -0.2) is 0 Å². The van der Waals surface area contributed by atoms with Gasteiger partial charge in [0.25, 0.3) is 0 Å². The molecule has 0 aromatic carbocycles. The van der Waals surface area contributed by atoms with Crippen LogP contribution in [-0.4, -0.2) is 13.1 Å². The lowest BCUT2D eigenvalue weighted by Gasteiger charge is -2.28. The van der Waals surface area contributed by atoms with Gasteiger partial charge in [0.05, 0.1) is 0 Å². The van der Waals surface area contributed by atoms with Crippen molar-refractivity contribution < 1.29 is 0 Å². The molecule has 0 aliphatic rings. The van der Waals surface area contributed by atoms with E-state index in [2.05, 4.69) is 47.0 Å². The van der Waals surface area contributed by atoms with Crippen LogP contribution >= 0.6 is 0 Å². The molecule has 0 aromatic heterocycles. The molecule has 0 saturated carbocycles. The van der Waals surface area contributed by atoms with Gasteiger partial charge in [-0.05, 0) is 38.1 Å². The zero-order valence-electron chi connectivity index (χ0n) is 9.52. The highest BCUT2D eigenvalue weighted by molar-refractivity contribution is 4.74. The van der Waals surface area contributed by atoms with E-state index < -0.39 is 0 Å². The van der Waals surface area contributed by atoms with E-state index in [1.54, 1.807) is 0 Å². The molecule has 1 heteroatoms. The second-order valence-electron chi connectivity index (χ2n) is 4.61. The first-order chi connectivity index (χ1) is 5.49. The van der Waals surface area contributed by atoms with Gasteiger partial charge in [0, 0.05) is 6.04 Å². The molecule has 0 bridgehead atoms. The molecule has 74 valence electrons. The van der Waals surface area contributed by atoms with Gasteiger partial charge >= 0.3 is 0 Å². The Labute approximate surface area is 77.9 Å². The first-order valence-electron chi connectivity index (χ1n) is 5.16. The number of nitrogens with one attached hydrogen (secondary N) is 1. The van der Waals surface area contributed by atoms with Crippen molar-refractivity contribution in [3.05, 3.63) is 0 Å². The van der Waals surface area contributed by atoms with Crippen LogP contribution in [0.25, 0.3) is 0 Å². The summed E-state index contributed by atoms with van der Waals surface area (Å²) in [5, 5.41) is 3.35. The summed E-state index contributed by atoms with van der Waals surface area (Å²) in [5.41, 5.74) is 0. The third-order valence-electron chi connectivity index (χ3n) is 2.70. The van der Waals surface area contributed by atoms with Crippen LogP contribution in [0.5, 0.6) is 0 Å². The standard InChI is InChI=1S/C11H25N/c1-8(2)7-11(9(3)4)10(5)12-6/h8-12H,7H2,1-6H3. The fraction of sp³-hybridized carbons (Fsp3) is 1.00. The summed E-state index contributed by atoms with van der Waals surface area (Å²) in [4.78, 5) is 0. The second kappa shape index (κ2) is 5.58. The molecule has 0 aliphatic carbocycles. The quantitative estimate of drug-likeness (QED) is 0.670. The molecule has 2 atom stereocenters. The van der Waals surface area contributed by atoms with Crippen LogP contribution in [0, 0.1) is 17.8 Å². The minimum Gasteiger partial charge on any atom is -0.317 e. The van der Waals surface area contributed by atoms with Gasteiger partial charge < -0.3 is 5.32 Å². The van der Waals surface area contributed by atoms with Crippen LogP contribution in [0.1, 0.15) is 41.0 Å². The predicted molar refractivity (Wildman–Crippen MR) is 56.3 cm³/mol. The van der Waals surface area contributed by atoms with Crippen molar-refractivity contribution in [3.63, 3.8) is 0 Å². The van der Waals surface area contributed by atoms with E-state index in [0.717, 1.165) is 17.8 Å². The molecule has 0 aliphatic heterocycles. The van der Waals surface area contributed by atoms with Gasteiger partial charge in [-0.1, -0.05) is 27.7 Å². The summed E-state index contributed by atoms with van der Waals surface area (Å²) >= 11 is 0. The zero-order valence-corrected chi connectivity index (χ0v) is 9.52. The van der Waals surface area contributed by atoms with Crippen molar-refractivity contribution in [1.82, 2.24) is 5.32 Å². The van der Waals surface area contributed by atoms with Crippen LogP contribution in [0.15, 0.2) is 0 Å². The van der Waals surface area contributed by atoms with Crippen LogP contribution in [0.4, 0.5) is 0 Å². The summed E-state index contributed by atoms with van der Waals surface area (Å²) in [6, 6.07) is 0.646. The van der Waals surface area contributed by atoms with Crippen molar-refractivity contribution in [2.75, 3.05) is 7.05 Å². The summed E-state index contributed by atoms with van der Waals surface area (Å²) in [6.07, 6.45) is 1.33. The monoisotopic (exact) mass is 171 g/mol. The van der Waals surface area contributed by atoms with Crippen molar-refractivity contribution in [3.8, 4) is 0 Å². The molecule has 0 fully saturated rings. The maximum atomic E-state index is 3.35. The molecule has 0 aromatic rings. The molecule has 0 radical (unpaired) electrons. The zero-order chi connectivity index (χ0) is 9.72. The Morgan fingerprint density at radius 2 is 1.50 bits per heavy atom. The lowest BCUT2D eigenvalue weighted by atomic mass is 9.83. The van der Waals surface area contributed by atoms with Crippen molar-refractivity contribution in [2.45, 2.75) is 47.1 Å². The van der Waals surface area contributed by atoms with E-state index in [1.807, 2.05) is 0 Å². The Morgan fingerprint density at radius 1 is 1.00 bits per heavy atom. The SMILES string of the molecule is CNC(C)C(CC(C)C)C(C)C. The first kappa shape index (κ1) is 12.0. The van der Waals surface area contributed by atoms with Crippen molar-refractivity contribution in [1.29, 1.82) is 0 Å². The molecule has 0 saturated heterocycles. The molecule has 2 unspecified atom stereocenters. The van der Waals surface area contributed by atoms with Gasteiger partial charge in [-0.15, -0.1) is 0 Å². The molecular formula is C11H25N. The topological polar surface area (TPSA) is 12.0 Å². The first-order valence-corrected chi connectivity index (χ1v) is 5.16.